The van der Waals surface area contributed by atoms with Crippen LogP contribution in [0.5, 0.6) is 0 Å². The molecule has 1 amide bonds. The zero-order chi connectivity index (χ0) is 11.8. The van der Waals surface area contributed by atoms with Gasteiger partial charge in [-0.05, 0) is 5.56 Å². The Morgan fingerprint density at radius 3 is 2.71 bits per heavy atom. The molecule has 0 saturated heterocycles. The van der Waals surface area contributed by atoms with E-state index in [4.69, 9.17) is 0 Å². The van der Waals surface area contributed by atoms with Crippen molar-refractivity contribution in [3.8, 4) is 0 Å². The maximum Gasteiger partial charge on any atom is 0.267 e. The van der Waals surface area contributed by atoms with Crippen LogP contribution in [0.25, 0.3) is 0 Å². The Bertz CT molecular complexity index is 591. The molecule has 1 unspecified atom stereocenters. The summed E-state index contributed by atoms with van der Waals surface area (Å²) in [5.41, 5.74) is 0.649. The lowest BCUT2D eigenvalue weighted by atomic mass is 9.96. The van der Waals surface area contributed by atoms with Crippen molar-refractivity contribution in [3.63, 3.8) is 0 Å². The van der Waals surface area contributed by atoms with Crippen LogP contribution < -0.4 is 5.32 Å². The minimum absolute atomic E-state index is 0.173. The van der Waals surface area contributed by atoms with Crippen LogP contribution in [0.3, 0.4) is 0 Å². The molecule has 1 N–H and O–H groups in total. The molecule has 0 fully saturated rings. The second-order valence-electron chi connectivity index (χ2n) is 3.67. The third-order valence-electron chi connectivity index (χ3n) is 2.63. The first-order valence-corrected chi connectivity index (χ1v) is 5.07. The molecular formula is C11H8N4O2. The Labute approximate surface area is 96.3 Å². The van der Waals surface area contributed by atoms with E-state index in [2.05, 4.69) is 15.4 Å². The lowest BCUT2D eigenvalue weighted by Gasteiger charge is -2.20. The quantitative estimate of drug-likeness (QED) is 0.727. The van der Waals surface area contributed by atoms with E-state index in [1.165, 1.54) is 6.33 Å². The number of anilines is 1. The predicted octanol–water partition coefficient (Wildman–Crippen LogP) is 0.654. The second-order valence-corrected chi connectivity index (χ2v) is 3.67. The zero-order valence-electron chi connectivity index (χ0n) is 8.70. The van der Waals surface area contributed by atoms with E-state index in [1.54, 1.807) is 24.3 Å². The summed E-state index contributed by atoms with van der Waals surface area (Å²) in [5.74, 6) is -1.44. The number of nitrogens with zero attached hydrogens (tertiary/aromatic N) is 3. The van der Waals surface area contributed by atoms with Gasteiger partial charge in [-0.1, -0.05) is 30.3 Å². The van der Waals surface area contributed by atoms with Gasteiger partial charge >= 0.3 is 0 Å². The van der Waals surface area contributed by atoms with Gasteiger partial charge in [0.15, 0.2) is 0 Å². The molecule has 1 aliphatic heterocycles. The van der Waals surface area contributed by atoms with E-state index in [0.717, 1.165) is 4.68 Å². The number of carbonyl (C=O) groups is 2. The fraction of sp³-hybridized carbons (Fsp3) is 0.0909. The Morgan fingerprint density at radius 2 is 1.94 bits per heavy atom. The minimum atomic E-state index is -0.856. The van der Waals surface area contributed by atoms with Crippen molar-refractivity contribution < 1.29 is 9.59 Å². The Morgan fingerprint density at radius 1 is 1.18 bits per heavy atom. The summed E-state index contributed by atoms with van der Waals surface area (Å²) in [6.45, 7) is 0. The van der Waals surface area contributed by atoms with Gasteiger partial charge in [-0.2, -0.15) is 14.8 Å². The maximum atomic E-state index is 12.1. The van der Waals surface area contributed by atoms with Gasteiger partial charge in [0.05, 0.1) is 0 Å². The largest absolute Gasteiger partial charge is 0.293 e. The summed E-state index contributed by atoms with van der Waals surface area (Å²) in [5, 5.41) is 6.34. The molecular weight excluding hydrogens is 220 g/mol. The molecule has 84 valence electrons. The zero-order valence-corrected chi connectivity index (χ0v) is 8.70. The molecule has 3 rings (SSSR count). The van der Waals surface area contributed by atoms with Crippen molar-refractivity contribution in [1.29, 1.82) is 0 Å². The molecule has 1 atom stereocenters. The third-order valence-corrected chi connectivity index (χ3v) is 2.63. The van der Waals surface area contributed by atoms with Crippen LogP contribution in [0.1, 0.15) is 16.3 Å². The SMILES string of the molecule is O=C1Nc2ncnn2C(=O)C1c1ccccc1. The van der Waals surface area contributed by atoms with Crippen LogP contribution in [-0.2, 0) is 4.79 Å². The molecule has 17 heavy (non-hydrogen) atoms. The maximum absolute atomic E-state index is 12.1. The van der Waals surface area contributed by atoms with Crippen LogP contribution in [0, 0.1) is 0 Å². The monoisotopic (exact) mass is 228 g/mol. The van der Waals surface area contributed by atoms with Crippen LogP contribution in [0.15, 0.2) is 36.7 Å². The van der Waals surface area contributed by atoms with Gasteiger partial charge in [0.2, 0.25) is 11.9 Å². The number of hydrogen-bond donors (Lipinski definition) is 1. The fourth-order valence-corrected chi connectivity index (χ4v) is 1.84. The summed E-state index contributed by atoms with van der Waals surface area (Å²) in [4.78, 5) is 27.7. The van der Waals surface area contributed by atoms with Gasteiger partial charge in [0, 0.05) is 0 Å². The predicted molar refractivity (Wildman–Crippen MR) is 58.5 cm³/mol. The van der Waals surface area contributed by atoms with E-state index < -0.39 is 5.92 Å². The van der Waals surface area contributed by atoms with Crippen molar-refractivity contribution in [2.24, 2.45) is 0 Å². The van der Waals surface area contributed by atoms with Gasteiger partial charge in [-0.15, -0.1) is 0 Å². The number of benzene rings is 1. The van der Waals surface area contributed by atoms with Crippen molar-refractivity contribution in [2.45, 2.75) is 5.92 Å². The summed E-state index contributed by atoms with van der Waals surface area (Å²) in [6, 6.07) is 8.88. The molecule has 0 radical (unpaired) electrons. The summed E-state index contributed by atoms with van der Waals surface area (Å²) in [6.07, 6.45) is 1.24. The Hall–Kier alpha value is -2.50. The average Bonchev–Trinajstić information content (AvgIpc) is 2.78. The highest BCUT2D eigenvalue weighted by Crippen LogP contribution is 2.24. The normalized spacial score (nSPS) is 18.7. The van der Waals surface area contributed by atoms with E-state index in [9.17, 15) is 9.59 Å². The molecule has 0 aliphatic carbocycles. The molecule has 0 bridgehead atoms. The van der Waals surface area contributed by atoms with Gasteiger partial charge in [-0.25, -0.2) is 0 Å². The molecule has 1 aromatic carbocycles. The fourth-order valence-electron chi connectivity index (χ4n) is 1.84. The lowest BCUT2D eigenvalue weighted by Crippen LogP contribution is -2.38. The van der Waals surface area contributed by atoms with Crippen LogP contribution in [-0.4, -0.2) is 26.6 Å². The van der Waals surface area contributed by atoms with Gasteiger partial charge in [-0.3, -0.25) is 14.9 Å². The number of aromatic nitrogens is 3. The van der Waals surface area contributed by atoms with Crippen molar-refractivity contribution in [2.75, 3.05) is 5.32 Å². The van der Waals surface area contributed by atoms with E-state index in [0.29, 0.717) is 5.56 Å². The standard InChI is InChI=1S/C11H8N4O2/c16-9-8(7-4-2-1-3-5-7)10(17)15-11(14-9)12-6-13-15/h1-6,8H,(H,12,13,14,16). The molecule has 6 heteroatoms. The number of hydrogen-bond acceptors (Lipinski definition) is 4. The van der Waals surface area contributed by atoms with Gasteiger partial charge < -0.3 is 0 Å². The summed E-state index contributed by atoms with van der Waals surface area (Å²) >= 11 is 0. The van der Waals surface area contributed by atoms with Crippen LogP contribution >= 0.6 is 0 Å². The third kappa shape index (κ3) is 1.42. The van der Waals surface area contributed by atoms with Crippen LogP contribution in [0.4, 0.5) is 5.95 Å². The smallest absolute Gasteiger partial charge is 0.267 e. The molecule has 6 nitrogen and oxygen atoms in total. The minimum Gasteiger partial charge on any atom is -0.293 e. The Kier molecular flexibility index (Phi) is 2.01. The first kappa shape index (κ1) is 9.71. The van der Waals surface area contributed by atoms with E-state index in [1.807, 2.05) is 6.07 Å². The lowest BCUT2D eigenvalue weighted by molar-refractivity contribution is -0.117. The van der Waals surface area contributed by atoms with E-state index in [-0.39, 0.29) is 17.8 Å². The first-order chi connectivity index (χ1) is 8.27. The highest BCUT2D eigenvalue weighted by Gasteiger charge is 2.36. The molecule has 0 spiro atoms. The van der Waals surface area contributed by atoms with Gasteiger partial charge in [0.25, 0.3) is 5.91 Å². The summed E-state index contributed by atoms with van der Waals surface area (Å²) in [7, 11) is 0. The number of amides is 1. The number of fused-ring (bicyclic) bond motifs is 1. The summed E-state index contributed by atoms with van der Waals surface area (Å²) < 4.78 is 1.11. The average molecular weight is 228 g/mol. The van der Waals surface area contributed by atoms with Gasteiger partial charge in [0.1, 0.15) is 12.2 Å². The van der Waals surface area contributed by atoms with Crippen LogP contribution in [0.2, 0.25) is 0 Å². The van der Waals surface area contributed by atoms with Crippen molar-refractivity contribution in [1.82, 2.24) is 14.8 Å². The molecule has 1 aromatic heterocycles. The Balaban J connectivity index is 2.08. The van der Waals surface area contributed by atoms with Crippen molar-refractivity contribution in [3.05, 3.63) is 42.2 Å². The molecule has 2 heterocycles. The number of nitrogens with one attached hydrogen (secondary N) is 1. The molecule has 1 aliphatic rings. The molecule has 0 saturated carbocycles. The number of rotatable bonds is 1. The van der Waals surface area contributed by atoms with Crippen molar-refractivity contribution >= 4 is 17.8 Å². The van der Waals surface area contributed by atoms with E-state index >= 15 is 0 Å². The first-order valence-electron chi connectivity index (χ1n) is 5.07. The highest BCUT2D eigenvalue weighted by atomic mass is 16.2. The topological polar surface area (TPSA) is 76.9 Å². The highest BCUT2D eigenvalue weighted by molar-refractivity contribution is 6.14. The molecule has 2 aromatic rings. The second kappa shape index (κ2) is 3.51. The number of carbonyl (C=O) groups excluding carboxylic acids is 2.